The van der Waals surface area contributed by atoms with E-state index in [1.54, 1.807) is 39.1 Å². The van der Waals surface area contributed by atoms with Crippen LogP contribution in [0, 0.1) is 5.82 Å². The highest BCUT2D eigenvalue weighted by Gasteiger charge is 2.22. The van der Waals surface area contributed by atoms with Crippen LogP contribution in [0.25, 0.3) is 0 Å². The molecule has 1 aromatic carbocycles. The third kappa shape index (κ3) is 10.7. The van der Waals surface area contributed by atoms with Crippen LogP contribution in [0.3, 0.4) is 0 Å². The van der Waals surface area contributed by atoms with Crippen LogP contribution in [0.5, 0.6) is 5.75 Å². The van der Waals surface area contributed by atoms with Crippen molar-refractivity contribution in [2.24, 2.45) is 4.99 Å². The maximum absolute atomic E-state index is 13.7. The lowest BCUT2D eigenvalue weighted by atomic mass is 10.1. The molecule has 0 aliphatic rings. The third-order valence-electron chi connectivity index (χ3n) is 3.47. The van der Waals surface area contributed by atoms with Gasteiger partial charge in [-0.1, -0.05) is 19.1 Å². The number of nitrogens with one attached hydrogen (secondary N) is 3. The lowest BCUT2D eigenvalue weighted by Crippen LogP contribution is -2.53. The van der Waals surface area contributed by atoms with Gasteiger partial charge in [0.15, 0.2) is 17.5 Å². The summed E-state index contributed by atoms with van der Waals surface area (Å²) in [7, 11) is -1.69. The average Bonchev–Trinajstić information content (AvgIpc) is 2.53. The minimum atomic E-state index is -3.31. The van der Waals surface area contributed by atoms with E-state index in [0.717, 1.165) is 6.26 Å². The average molecular weight is 516 g/mol. The minimum absolute atomic E-state index is 0. The Kier molecular flexibility index (Phi) is 11.2. The molecule has 0 saturated heterocycles. The number of aliphatic imine (C=N–C) groups is 1. The number of hydrogen-bond donors (Lipinski definition) is 3. The van der Waals surface area contributed by atoms with Crippen molar-refractivity contribution in [3.8, 4) is 5.75 Å². The first kappa shape index (κ1) is 25.9. The Balaban J connectivity index is 0.00000676. The van der Waals surface area contributed by atoms with Crippen LogP contribution in [0.1, 0.15) is 27.2 Å². The lowest BCUT2D eigenvalue weighted by Gasteiger charge is -2.27. The molecule has 0 aliphatic carbocycles. The van der Waals surface area contributed by atoms with Gasteiger partial charge in [0.2, 0.25) is 10.0 Å². The summed E-state index contributed by atoms with van der Waals surface area (Å²) in [6.45, 7) is 6.24. The van der Waals surface area contributed by atoms with Crippen LogP contribution >= 0.6 is 24.0 Å². The first-order valence-corrected chi connectivity index (χ1v) is 10.3. The molecule has 0 aromatic heterocycles. The van der Waals surface area contributed by atoms with Crippen molar-refractivity contribution in [2.45, 2.75) is 38.8 Å². The van der Waals surface area contributed by atoms with Gasteiger partial charge in [-0.25, -0.2) is 17.5 Å². The molecule has 0 saturated carbocycles. The molecule has 0 heterocycles. The number of nitrogens with zero attached hydrogens (tertiary/aromatic N) is 1. The smallest absolute Gasteiger partial charge is 0.209 e. The first-order chi connectivity index (χ1) is 12.1. The van der Waals surface area contributed by atoms with Crippen molar-refractivity contribution in [2.75, 3.05) is 26.4 Å². The second-order valence-corrected chi connectivity index (χ2v) is 8.39. The monoisotopic (exact) mass is 516 g/mol. The number of guanidine groups is 1. The summed E-state index contributed by atoms with van der Waals surface area (Å²) in [5, 5.41) is 6.18. The van der Waals surface area contributed by atoms with Gasteiger partial charge in [-0.15, -0.1) is 24.0 Å². The van der Waals surface area contributed by atoms with Crippen LogP contribution in [0.2, 0.25) is 0 Å². The Morgan fingerprint density at radius 1 is 1.30 bits per heavy atom. The fourth-order valence-electron chi connectivity index (χ4n) is 2.26. The fourth-order valence-corrected chi connectivity index (χ4v) is 3.34. The van der Waals surface area contributed by atoms with E-state index in [0.29, 0.717) is 25.5 Å². The summed E-state index contributed by atoms with van der Waals surface area (Å²) in [6.07, 6.45) is 1.56. The molecular formula is C17H30FIN4O3S. The highest BCUT2D eigenvalue weighted by atomic mass is 127. The molecule has 1 unspecified atom stereocenters. The van der Waals surface area contributed by atoms with E-state index in [9.17, 15) is 12.8 Å². The van der Waals surface area contributed by atoms with Crippen LogP contribution in [0.15, 0.2) is 29.3 Å². The van der Waals surface area contributed by atoms with Gasteiger partial charge in [-0.05, 0) is 32.4 Å². The second kappa shape index (κ2) is 11.6. The topological polar surface area (TPSA) is 91.8 Å². The number of ether oxygens (including phenoxy) is 1. The van der Waals surface area contributed by atoms with Crippen molar-refractivity contribution in [1.82, 2.24) is 15.4 Å². The number of sulfonamides is 1. The maximum Gasteiger partial charge on any atom is 0.209 e. The van der Waals surface area contributed by atoms with E-state index in [1.807, 2.05) is 6.92 Å². The highest BCUT2D eigenvalue weighted by molar-refractivity contribution is 14.0. The molecule has 0 spiro atoms. The van der Waals surface area contributed by atoms with E-state index in [4.69, 9.17) is 4.74 Å². The summed E-state index contributed by atoms with van der Waals surface area (Å²) >= 11 is 0. The predicted molar refractivity (Wildman–Crippen MR) is 118 cm³/mol. The van der Waals surface area contributed by atoms with Crippen molar-refractivity contribution in [3.05, 3.63) is 30.1 Å². The van der Waals surface area contributed by atoms with Crippen molar-refractivity contribution in [1.29, 1.82) is 0 Å². The molecule has 0 bridgehead atoms. The number of halogens is 2. The molecule has 1 aromatic rings. The Morgan fingerprint density at radius 3 is 2.44 bits per heavy atom. The van der Waals surface area contributed by atoms with Crippen molar-refractivity contribution >= 4 is 40.0 Å². The Hall–Kier alpha value is -1.14. The standard InChI is InChI=1S/C17H29FN4O3S.HI/c1-6-13(25-15-10-8-7-9-14(15)18)11-20-16(19-4)21-12-17(2,3)22-26(5,23)24;/h7-10,13,22H,6,11-12H2,1-5H3,(H2,19,20,21);1H. The van der Waals surface area contributed by atoms with Crippen molar-refractivity contribution < 1.29 is 17.5 Å². The molecule has 0 radical (unpaired) electrons. The van der Waals surface area contributed by atoms with E-state index in [1.165, 1.54) is 6.07 Å². The summed E-state index contributed by atoms with van der Waals surface area (Å²) in [4.78, 5) is 4.11. The van der Waals surface area contributed by atoms with E-state index < -0.39 is 21.4 Å². The van der Waals surface area contributed by atoms with Gasteiger partial charge in [0.1, 0.15) is 6.10 Å². The normalized spacial score (nSPS) is 13.5. The molecule has 0 amide bonds. The Bertz CT molecular complexity index is 714. The molecule has 3 N–H and O–H groups in total. The quantitative estimate of drug-likeness (QED) is 0.266. The van der Waals surface area contributed by atoms with Crippen LogP contribution < -0.4 is 20.1 Å². The molecule has 10 heteroatoms. The van der Waals surface area contributed by atoms with Gasteiger partial charge >= 0.3 is 0 Å². The van der Waals surface area contributed by atoms with Gasteiger partial charge in [0.25, 0.3) is 0 Å². The number of para-hydroxylation sites is 1. The number of hydrogen-bond acceptors (Lipinski definition) is 4. The third-order valence-corrected chi connectivity index (χ3v) is 4.39. The molecule has 1 rings (SSSR count). The lowest BCUT2D eigenvalue weighted by molar-refractivity contribution is 0.191. The molecule has 7 nitrogen and oxygen atoms in total. The predicted octanol–water partition coefficient (Wildman–Crippen LogP) is 2.09. The van der Waals surface area contributed by atoms with Gasteiger partial charge in [-0.3, -0.25) is 4.99 Å². The maximum atomic E-state index is 13.7. The van der Waals surface area contributed by atoms with Crippen molar-refractivity contribution in [3.63, 3.8) is 0 Å². The van der Waals surface area contributed by atoms with E-state index in [-0.39, 0.29) is 35.8 Å². The molecule has 1 atom stereocenters. The fraction of sp³-hybridized carbons (Fsp3) is 0.588. The Morgan fingerprint density at radius 2 is 1.93 bits per heavy atom. The SMILES string of the molecule is CCC(CNC(=NC)NCC(C)(C)NS(C)(=O)=O)Oc1ccccc1F.I. The van der Waals surface area contributed by atoms with Gasteiger partial charge < -0.3 is 15.4 Å². The second-order valence-electron chi connectivity index (χ2n) is 6.64. The number of benzene rings is 1. The zero-order valence-electron chi connectivity index (χ0n) is 16.4. The molecule has 0 fully saturated rings. The molecular weight excluding hydrogens is 486 g/mol. The van der Waals surface area contributed by atoms with Gasteiger partial charge in [-0.2, -0.15) is 0 Å². The summed E-state index contributed by atoms with van der Waals surface area (Å²) in [6, 6.07) is 6.27. The molecule has 27 heavy (non-hydrogen) atoms. The summed E-state index contributed by atoms with van der Waals surface area (Å²) in [5.74, 6) is 0.314. The van der Waals surface area contributed by atoms with Crippen LogP contribution in [-0.2, 0) is 10.0 Å². The summed E-state index contributed by atoms with van der Waals surface area (Å²) < 4.78 is 44.7. The van der Waals surface area contributed by atoms with Gasteiger partial charge in [0.05, 0.1) is 12.8 Å². The Labute approximate surface area is 178 Å². The van der Waals surface area contributed by atoms with E-state index >= 15 is 0 Å². The van der Waals surface area contributed by atoms with Crippen LogP contribution in [0.4, 0.5) is 4.39 Å². The summed E-state index contributed by atoms with van der Waals surface area (Å²) in [5.41, 5.74) is -0.682. The first-order valence-electron chi connectivity index (χ1n) is 8.41. The highest BCUT2D eigenvalue weighted by Crippen LogP contribution is 2.17. The largest absolute Gasteiger partial charge is 0.486 e. The minimum Gasteiger partial charge on any atom is -0.486 e. The number of rotatable bonds is 9. The zero-order valence-corrected chi connectivity index (χ0v) is 19.5. The molecule has 156 valence electrons. The van der Waals surface area contributed by atoms with E-state index in [2.05, 4.69) is 20.3 Å². The zero-order chi connectivity index (χ0) is 19.8. The van der Waals surface area contributed by atoms with Crippen LogP contribution in [-0.4, -0.2) is 52.4 Å². The van der Waals surface area contributed by atoms with Gasteiger partial charge in [0, 0.05) is 19.1 Å². The molecule has 0 aliphatic heterocycles.